The van der Waals surface area contributed by atoms with E-state index < -0.39 is 0 Å². The molecule has 0 unspecified atom stereocenters. The molecule has 6 rings (SSSR count). The third-order valence-corrected chi connectivity index (χ3v) is 7.11. The van der Waals surface area contributed by atoms with Gasteiger partial charge in [0.25, 0.3) is 5.78 Å². The van der Waals surface area contributed by atoms with Gasteiger partial charge < -0.3 is 14.4 Å². The molecule has 37 heavy (non-hydrogen) atoms. The van der Waals surface area contributed by atoms with Crippen LogP contribution < -0.4 is 9.64 Å². The Morgan fingerprint density at radius 1 is 0.946 bits per heavy atom. The maximum absolute atomic E-state index is 6.44. The lowest BCUT2D eigenvalue weighted by atomic mass is 10.1. The number of fused-ring (bicyclic) bond motifs is 1. The highest BCUT2D eigenvalue weighted by atomic mass is 16.5. The number of anilines is 1. The third-order valence-electron chi connectivity index (χ3n) is 7.11. The van der Waals surface area contributed by atoms with Crippen molar-refractivity contribution < 1.29 is 9.47 Å². The molecule has 2 aliphatic rings. The second-order valence-electron chi connectivity index (χ2n) is 9.78. The van der Waals surface area contributed by atoms with Crippen molar-refractivity contribution in [1.29, 1.82) is 0 Å². The van der Waals surface area contributed by atoms with Gasteiger partial charge in [0.15, 0.2) is 5.75 Å². The minimum Gasteiger partial charge on any atom is -0.485 e. The average Bonchev–Trinajstić information content (AvgIpc) is 3.54. The van der Waals surface area contributed by atoms with E-state index in [-0.39, 0.29) is 6.10 Å². The van der Waals surface area contributed by atoms with Crippen LogP contribution in [0.3, 0.4) is 0 Å². The van der Waals surface area contributed by atoms with Gasteiger partial charge in [-0.15, -0.1) is 5.10 Å². The van der Waals surface area contributed by atoms with Gasteiger partial charge in [0.1, 0.15) is 17.8 Å². The Morgan fingerprint density at radius 2 is 1.70 bits per heavy atom. The Bertz CT molecular complexity index is 1380. The molecule has 0 aliphatic carbocycles. The average molecular weight is 501 g/mol. The minimum atomic E-state index is 0.0911. The van der Waals surface area contributed by atoms with Crippen LogP contribution in [-0.2, 0) is 11.3 Å². The van der Waals surface area contributed by atoms with Crippen LogP contribution in [0.1, 0.15) is 29.5 Å². The Hall–Kier alpha value is -3.63. The van der Waals surface area contributed by atoms with Gasteiger partial charge in [-0.2, -0.15) is 9.50 Å². The number of benzene rings is 1. The number of morpholine rings is 1. The highest BCUT2D eigenvalue weighted by molar-refractivity contribution is 5.65. The van der Waals surface area contributed by atoms with Gasteiger partial charge in [0.2, 0.25) is 0 Å². The Morgan fingerprint density at radius 3 is 2.46 bits per heavy atom. The second-order valence-corrected chi connectivity index (χ2v) is 9.78. The summed E-state index contributed by atoms with van der Waals surface area (Å²) in [6, 6.07) is 8.62. The summed E-state index contributed by atoms with van der Waals surface area (Å²) < 4.78 is 13.6. The number of ether oxygens (including phenoxy) is 2. The Balaban J connectivity index is 1.09. The van der Waals surface area contributed by atoms with Crippen molar-refractivity contribution >= 4 is 11.5 Å². The zero-order valence-electron chi connectivity index (χ0n) is 21.6. The number of hydrogen-bond donors (Lipinski definition) is 0. The zero-order valence-corrected chi connectivity index (χ0v) is 21.6. The minimum absolute atomic E-state index is 0.0911. The number of aromatic nitrogens is 6. The van der Waals surface area contributed by atoms with Crippen molar-refractivity contribution in [2.75, 3.05) is 44.3 Å². The Kier molecular flexibility index (Phi) is 6.43. The number of hydrogen-bond acceptors (Lipinski definition) is 9. The summed E-state index contributed by atoms with van der Waals surface area (Å²) in [6.45, 7) is 11.8. The van der Waals surface area contributed by atoms with Gasteiger partial charge in [-0.25, -0.2) is 15.0 Å². The quantitative estimate of drug-likeness (QED) is 0.396. The largest absolute Gasteiger partial charge is 0.485 e. The molecule has 0 amide bonds. The molecule has 192 valence electrons. The molecule has 1 aromatic carbocycles. The summed E-state index contributed by atoms with van der Waals surface area (Å²) in [5.74, 6) is 2.98. The van der Waals surface area contributed by atoms with Crippen LogP contribution in [0.2, 0.25) is 0 Å². The van der Waals surface area contributed by atoms with Crippen LogP contribution in [0.5, 0.6) is 5.75 Å². The van der Waals surface area contributed by atoms with E-state index in [4.69, 9.17) is 9.47 Å². The maximum atomic E-state index is 6.44. The van der Waals surface area contributed by atoms with E-state index >= 15 is 0 Å². The summed E-state index contributed by atoms with van der Waals surface area (Å²) in [7, 11) is 0. The highest BCUT2D eigenvalue weighted by Gasteiger charge is 2.26. The smallest absolute Gasteiger partial charge is 0.253 e. The Labute approximate surface area is 216 Å². The second kappa shape index (κ2) is 10.0. The molecule has 10 nitrogen and oxygen atoms in total. The van der Waals surface area contributed by atoms with E-state index in [0.29, 0.717) is 11.6 Å². The molecule has 0 bridgehead atoms. The van der Waals surface area contributed by atoms with Crippen molar-refractivity contribution in [1.82, 2.24) is 34.4 Å². The van der Waals surface area contributed by atoms with Crippen LogP contribution in [0.25, 0.3) is 16.9 Å². The van der Waals surface area contributed by atoms with Crippen LogP contribution in [0.15, 0.2) is 36.7 Å². The predicted octanol–water partition coefficient (Wildman–Crippen LogP) is 3.00. The first-order valence-corrected chi connectivity index (χ1v) is 12.9. The van der Waals surface area contributed by atoms with E-state index in [1.807, 2.05) is 33.2 Å². The molecule has 1 atom stereocenters. The lowest BCUT2D eigenvalue weighted by molar-refractivity contribution is 0.0330. The van der Waals surface area contributed by atoms with E-state index in [9.17, 15) is 0 Å². The normalized spacial score (nSPS) is 18.6. The lowest BCUT2D eigenvalue weighted by Gasteiger charge is -2.25. The fourth-order valence-electron chi connectivity index (χ4n) is 5.07. The van der Waals surface area contributed by atoms with Gasteiger partial charge in [-0.1, -0.05) is 12.1 Å². The van der Waals surface area contributed by atoms with Gasteiger partial charge in [0.05, 0.1) is 37.7 Å². The molecular formula is C27H32N8O2. The predicted molar refractivity (Wildman–Crippen MR) is 140 cm³/mol. The molecule has 3 aromatic heterocycles. The first-order valence-electron chi connectivity index (χ1n) is 12.9. The maximum Gasteiger partial charge on any atom is 0.253 e. The van der Waals surface area contributed by atoms with Crippen molar-refractivity contribution in [3.8, 4) is 16.9 Å². The monoisotopic (exact) mass is 500 g/mol. The van der Waals surface area contributed by atoms with Crippen LogP contribution in [0, 0.1) is 20.8 Å². The van der Waals surface area contributed by atoms with Gasteiger partial charge >= 0.3 is 0 Å². The molecular weight excluding hydrogens is 468 g/mol. The molecule has 0 spiro atoms. The SMILES string of the molecule is Cc1nc2nc(C)c(O[C@@H]3CCN(c4ccc(-c5cnc(CN6CCOCC6)nc5)cc4)C3)c(C)n2n1. The van der Waals surface area contributed by atoms with Crippen molar-refractivity contribution in [3.63, 3.8) is 0 Å². The first-order chi connectivity index (χ1) is 18.0. The van der Waals surface area contributed by atoms with Crippen LogP contribution in [-0.4, -0.2) is 79.9 Å². The fraction of sp³-hybridized carbons (Fsp3) is 0.444. The summed E-state index contributed by atoms with van der Waals surface area (Å²) in [5, 5.41) is 4.45. The first kappa shape index (κ1) is 23.7. The standard InChI is InChI=1S/C27H32N8O2/c1-18-26(19(2)35-27(30-18)31-20(3)32-35)37-24-8-9-34(16-24)23-6-4-21(5-7-23)22-14-28-25(29-15-22)17-33-10-12-36-13-11-33/h4-7,14-15,24H,8-13,16-17H2,1-3H3/t24-/m1/s1. The summed E-state index contributed by atoms with van der Waals surface area (Å²) in [4.78, 5) is 22.9. The van der Waals surface area contributed by atoms with E-state index in [0.717, 1.165) is 86.4 Å². The van der Waals surface area contributed by atoms with E-state index in [1.165, 1.54) is 5.69 Å². The van der Waals surface area contributed by atoms with E-state index in [1.54, 1.807) is 4.52 Å². The molecule has 10 heteroatoms. The van der Waals surface area contributed by atoms with Crippen molar-refractivity contribution in [2.45, 2.75) is 39.8 Å². The third kappa shape index (κ3) is 4.99. The summed E-state index contributed by atoms with van der Waals surface area (Å²) >= 11 is 0. The van der Waals surface area contributed by atoms with Crippen molar-refractivity contribution in [2.24, 2.45) is 0 Å². The molecule has 2 fully saturated rings. The van der Waals surface area contributed by atoms with Gasteiger partial charge in [0, 0.05) is 49.7 Å². The molecule has 4 aromatic rings. The highest BCUT2D eigenvalue weighted by Crippen LogP contribution is 2.29. The number of rotatable bonds is 6. The van der Waals surface area contributed by atoms with Gasteiger partial charge in [-0.3, -0.25) is 4.90 Å². The summed E-state index contributed by atoms with van der Waals surface area (Å²) in [6.07, 6.45) is 4.88. The van der Waals surface area contributed by atoms with Gasteiger partial charge in [-0.05, 0) is 38.5 Å². The van der Waals surface area contributed by atoms with Crippen molar-refractivity contribution in [3.05, 3.63) is 59.7 Å². The molecule has 0 N–H and O–H groups in total. The topological polar surface area (TPSA) is 93.8 Å². The van der Waals surface area contributed by atoms with E-state index in [2.05, 4.69) is 59.1 Å². The molecule has 0 radical (unpaired) electrons. The molecule has 5 heterocycles. The fourth-order valence-corrected chi connectivity index (χ4v) is 5.07. The number of nitrogens with zero attached hydrogens (tertiary/aromatic N) is 8. The lowest BCUT2D eigenvalue weighted by Crippen LogP contribution is -2.36. The molecule has 2 aliphatic heterocycles. The van der Waals surface area contributed by atoms with Crippen LogP contribution in [0.4, 0.5) is 5.69 Å². The molecule has 0 saturated carbocycles. The number of aryl methyl sites for hydroxylation is 3. The molecule has 2 saturated heterocycles. The summed E-state index contributed by atoms with van der Waals surface area (Å²) in [5.41, 5.74) is 5.11. The zero-order chi connectivity index (χ0) is 25.4. The van der Waals surface area contributed by atoms with Crippen LogP contribution >= 0.6 is 0 Å².